The van der Waals surface area contributed by atoms with Crippen LogP contribution in [-0.2, 0) is 10.0 Å². The third kappa shape index (κ3) is 4.37. The molecular formula is C16H12ClF4N3O2S. The predicted octanol–water partition coefficient (Wildman–Crippen LogP) is 4.06. The van der Waals surface area contributed by atoms with Gasteiger partial charge in [-0.25, -0.2) is 12.8 Å². The number of rotatable bonds is 5. The van der Waals surface area contributed by atoms with Crippen LogP contribution in [0.15, 0.2) is 41.6 Å². The Morgan fingerprint density at radius 2 is 1.96 bits per heavy atom. The van der Waals surface area contributed by atoms with Crippen LogP contribution >= 0.6 is 11.6 Å². The van der Waals surface area contributed by atoms with Gasteiger partial charge in [0.2, 0.25) is 10.0 Å². The number of hydrogen-bond acceptors (Lipinski definition) is 4. The van der Waals surface area contributed by atoms with Crippen molar-refractivity contribution in [3.8, 4) is 6.07 Å². The van der Waals surface area contributed by atoms with Crippen molar-refractivity contribution in [3.05, 3.63) is 58.6 Å². The van der Waals surface area contributed by atoms with E-state index < -0.39 is 50.1 Å². The van der Waals surface area contributed by atoms with Crippen LogP contribution in [0.25, 0.3) is 0 Å². The average molecular weight is 422 g/mol. The first-order chi connectivity index (χ1) is 12.5. The van der Waals surface area contributed by atoms with E-state index in [1.54, 1.807) is 6.07 Å². The van der Waals surface area contributed by atoms with Crippen LogP contribution in [0.3, 0.4) is 0 Å². The van der Waals surface area contributed by atoms with E-state index in [4.69, 9.17) is 16.9 Å². The molecule has 0 spiro atoms. The smallest absolute Gasteiger partial charge is 0.262 e. The first kappa shape index (κ1) is 21.1. The number of halogens is 5. The summed E-state index contributed by atoms with van der Waals surface area (Å²) in [4.78, 5) is 3.01. The zero-order valence-corrected chi connectivity index (χ0v) is 15.3. The highest BCUT2D eigenvalue weighted by molar-refractivity contribution is 7.89. The standard InChI is InChI=1S/C16H12ClF4N3O2S/c1-2-24(27(25,26)12-5-10(7-22)8-23-9-12)15(16(19,20)21)11-3-4-14(18)13(17)6-11/h3-6,8-9,15H,2H2,1H3/t15-/m1/s1. The quantitative estimate of drug-likeness (QED) is 0.682. The zero-order valence-electron chi connectivity index (χ0n) is 13.7. The summed E-state index contributed by atoms with van der Waals surface area (Å²) in [7, 11) is -4.67. The lowest BCUT2D eigenvalue weighted by molar-refractivity contribution is -0.173. The fourth-order valence-electron chi connectivity index (χ4n) is 2.45. The van der Waals surface area contributed by atoms with E-state index in [0.717, 1.165) is 36.7 Å². The fourth-order valence-corrected chi connectivity index (χ4v) is 4.24. The Labute approximate surface area is 157 Å². The van der Waals surface area contributed by atoms with E-state index >= 15 is 0 Å². The van der Waals surface area contributed by atoms with Crippen molar-refractivity contribution >= 4 is 21.6 Å². The molecule has 11 heteroatoms. The number of alkyl halides is 3. The van der Waals surface area contributed by atoms with Crippen LogP contribution in [0.5, 0.6) is 0 Å². The summed E-state index contributed by atoms with van der Waals surface area (Å²) in [5.74, 6) is -0.932. The second-order valence-electron chi connectivity index (χ2n) is 5.35. The van der Waals surface area contributed by atoms with Gasteiger partial charge in [-0.3, -0.25) is 4.98 Å². The molecule has 5 nitrogen and oxygen atoms in total. The van der Waals surface area contributed by atoms with E-state index in [2.05, 4.69) is 4.98 Å². The summed E-state index contributed by atoms with van der Waals surface area (Å²) in [6.07, 6.45) is -3.08. The van der Waals surface area contributed by atoms with Crippen molar-refractivity contribution in [3.63, 3.8) is 0 Å². The molecule has 0 unspecified atom stereocenters. The number of sulfonamides is 1. The molecule has 0 aliphatic heterocycles. The summed E-state index contributed by atoms with van der Waals surface area (Å²) >= 11 is 5.57. The maximum atomic E-state index is 13.8. The van der Waals surface area contributed by atoms with E-state index in [-0.39, 0.29) is 9.87 Å². The zero-order chi connectivity index (χ0) is 20.4. The molecular weight excluding hydrogens is 410 g/mol. The lowest BCUT2D eigenvalue weighted by Gasteiger charge is -2.31. The van der Waals surface area contributed by atoms with Gasteiger partial charge in [-0.15, -0.1) is 0 Å². The monoisotopic (exact) mass is 421 g/mol. The summed E-state index contributed by atoms with van der Waals surface area (Å²) < 4.78 is 80.4. The average Bonchev–Trinajstić information content (AvgIpc) is 2.61. The number of nitriles is 1. The first-order valence-electron chi connectivity index (χ1n) is 7.41. The van der Waals surface area contributed by atoms with E-state index in [0.29, 0.717) is 0 Å². The van der Waals surface area contributed by atoms with Gasteiger partial charge in [0, 0.05) is 18.9 Å². The molecule has 1 heterocycles. The molecule has 0 saturated heterocycles. The molecule has 1 aromatic heterocycles. The Balaban J connectivity index is 2.64. The lowest BCUT2D eigenvalue weighted by Crippen LogP contribution is -2.42. The second-order valence-corrected chi connectivity index (χ2v) is 7.64. The second kappa shape index (κ2) is 7.80. The largest absolute Gasteiger partial charge is 0.409 e. The molecule has 1 atom stereocenters. The van der Waals surface area contributed by atoms with Gasteiger partial charge in [-0.05, 0) is 23.8 Å². The Hall–Kier alpha value is -2.22. The van der Waals surface area contributed by atoms with Crippen molar-refractivity contribution in [1.82, 2.24) is 9.29 Å². The van der Waals surface area contributed by atoms with E-state index in [9.17, 15) is 26.0 Å². The number of hydrogen-bond donors (Lipinski definition) is 0. The highest BCUT2D eigenvalue weighted by atomic mass is 35.5. The molecule has 0 amide bonds. The SMILES string of the molecule is CCN([C@H](c1ccc(F)c(Cl)c1)C(F)(F)F)S(=O)(=O)c1cncc(C#N)c1. The Bertz CT molecular complexity index is 990. The van der Waals surface area contributed by atoms with Crippen LogP contribution in [0.2, 0.25) is 5.02 Å². The molecule has 0 aliphatic carbocycles. The van der Waals surface area contributed by atoms with Crippen molar-refractivity contribution in [2.75, 3.05) is 6.54 Å². The number of aromatic nitrogens is 1. The van der Waals surface area contributed by atoms with Crippen LogP contribution < -0.4 is 0 Å². The van der Waals surface area contributed by atoms with Crippen molar-refractivity contribution in [2.45, 2.75) is 24.0 Å². The van der Waals surface area contributed by atoms with Gasteiger partial charge in [0.15, 0.2) is 0 Å². The third-order valence-electron chi connectivity index (χ3n) is 3.62. The van der Waals surface area contributed by atoms with Crippen LogP contribution in [-0.4, -0.2) is 30.4 Å². The Morgan fingerprint density at radius 1 is 1.30 bits per heavy atom. The van der Waals surface area contributed by atoms with Gasteiger partial charge in [0.05, 0.1) is 10.6 Å². The van der Waals surface area contributed by atoms with Crippen LogP contribution in [0.1, 0.15) is 24.1 Å². The molecule has 0 aliphatic rings. The summed E-state index contributed by atoms with van der Waals surface area (Å²) in [5, 5.41) is 8.30. The Kier molecular flexibility index (Phi) is 6.09. The molecule has 2 aromatic rings. The Morgan fingerprint density at radius 3 is 2.48 bits per heavy atom. The van der Waals surface area contributed by atoms with Gasteiger partial charge < -0.3 is 0 Å². The first-order valence-corrected chi connectivity index (χ1v) is 9.22. The topological polar surface area (TPSA) is 74.1 Å². The maximum absolute atomic E-state index is 13.8. The fraction of sp³-hybridized carbons (Fsp3) is 0.250. The molecule has 0 bridgehead atoms. The minimum absolute atomic E-state index is 0.125. The normalized spacial score (nSPS) is 13.4. The van der Waals surface area contributed by atoms with Crippen LogP contribution in [0, 0.1) is 17.1 Å². The van der Waals surface area contributed by atoms with Crippen molar-refractivity contribution in [2.24, 2.45) is 0 Å². The van der Waals surface area contributed by atoms with Gasteiger partial charge in [0.1, 0.15) is 22.8 Å². The third-order valence-corrected chi connectivity index (χ3v) is 5.81. The van der Waals surface area contributed by atoms with Gasteiger partial charge in [0.25, 0.3) is 0 Å². The minimum atomic E-state index is -5.01. The van der Waals surface area contributed by atoms with Gasteiger partial charge >= 0.3 is 6.18 Å². The summed E-state index contributed by atoms with van der Waals surface area (Å²) in [6, 6.07) is 2.29. The van der Waals surface area contributed by atoms with Crippen molar-refractivity contribution in [1.29, 1.82) is 5.26 Å². The number of pyridine rings is 1. The summed E-state index contributed by atoms with van der Waals surface area (Å²) in [5.41, 5.74) is -0.663. The van der Waals surface area contributed by atoms with E-state index in [1.807, 2.05) is 0 Å². The molecule has 0 radical (unpaired) electrons. The molecule has 2 rings (SSSR count). The molecule has 0 fully saturated rings. The molecule has 27 heavy (non-hydrogen) atoms. The highest BCUT2D eigenvalue weighted by Gasteiger charge is 2.49. The van der Waals surface area contributed by atoms with Gasteiger partial charge in [-0.2, -0.15) is 22.7 Å². The van der Waals surface area contributed by atoms with Crippen LogP contribution in [0.4, 0.5) is 17.6 Å². The van der Waals surface area contributed by atoms with Crippen molar-refractivity contribution < 1.29 is 26.0 Å². The highest BCUT2D eigenvalue weighted by Crippen LogP contribution is 2.41. The van der Waals surface area contributed by atoms with Gasteiger partial charge in [-0.1, -0.05) is 24.6 Å². The van der Waals surface area contributed by atoms with E-state index in [1.165, 1.54) is 6.92 Å². The predicted molar refractivity (Wildman–Crippen MR) is 88.7 cm³/mol. The molecule has 0 saturated carbocycles. The summed E-state index contributed by atoms with van der Waals surface area (Å²) in [6.45, 7) is 0.682. The molecule has 0 N–H and O–H groups in total. The maximum Gasteiger partial charge on any atom is 0.409 e. The minimum Gasteiger partial charge on any atom is -0.262 e. The molecule has 1 aromatic carbocycles. The number of nitrogens with zero attached hydrogens (tertiary/aromatic N) is 3. The number of benzene rings is 1. The molecule has 144 valence electrons. The lowest BCUT2D eigenvalue weighted by atomic mass is 10.1.